The number of rotatable bonds is 5. The van der Waals surface area contributed by atoms with Crippen molar-refractivity contribution in [3.8, 4) is 17.2 Å². The summed E-state index contributed by atoms with van der Waals surface area (Å²) in [6.07, 6.45) is 1.71. The average molecular weight is 490 g/mol. The highest BCUT2D eigenvalue weighted by Crippen LogP contribution is 2.28. The van der Waals surface area contributed by atoms with E-state index in [1.165, 1.54) is 9.21 Å². The number of nitriles is 1. The summed E-state index contributed by atoms with van der Waals surface area (Å²) in [5.74, 6) is 0.484. The maximum atomic E-state index is 12.9. The molecule has 0 saturated carbocycles. The van der Waals surface area contributed by atoms with Gasteiger partial charge in [-0.1, -0.05) is 30.3 Å². The van der Waals surface area contributed by atoms with E-state index in [0.29, 0.717) is 43.1 Å². The van der Waals surface area contributed by atoms with Gasteiger partial charge in [-0.3, -0.25) is 4.79 Å². The van der Waals surface area contributed by atoms with Crippen molar-refractivity contribution < 1.29 is 13.2 Å². The molecule has 1 aliphatic rings. The molecule has 8 nitrogen and oxygen atoms in total. The first-order chi connectivity index (χ1) is 16.7. The second-order valence-electron chi connectivity index (χ2n) is 8.64. The highest BCUT2D eigenvalue weighted by Gasteiger charge is 2.29. The van der Waals surface area contributed by atoms with Gasteiger partial charge >= 0.3 is 0 Å². The highest BCUT2D eigenvalue weighted by molar-refractivity contribution is 7.89. The monoisotopic (exact) mass is 489 g/mol. The Bertz CT molecular complexity index is 1390. The smallest absolute Gasteiger partial charge is 0.253 e. The summed E-state index contributed by atoms with van der Waals surface area (Å²) >= 11 is 0. The third-order valence-corrected chi connectivity index (χ3v) is 8.02. The SMILES string of the molecule is Cc1cc(-c2cnc(N3CCN(S(=O)(=O)c4ccccc4)CC3)c(C#N)c2)ccc1C(=O)N(C)C. The lowest BCUT2D eigenvalue weighted by Gasteiger charge is -2.35. The van der Waals surface area contributed by atoms with E-state index in [2.05, 4.69) is 11.1 Å². The second-order valence-corrected chi connectivity index (χ2v) is 10.6. The average Bonchev–Trinajstić information content (AvgIpc) is 2.88. The Balaban J connectivity index is 1.53. The molecule has 180 valence electrons. The fourth-order valence-electron chi connectivity index (χ4n) is 4.16. The van der Waals surface area contributed by atoms with E-state index in [4.69, 9.17) is 0 Å². The molecule has 1 fully saturated rings. The van der Waals surface area contributed by atoms with E-state index in [-0.39, 0.29) is 10.8 Å². The summed E-state index contributed by atoms with van der Waals surface area (Å²) in [6, 6.07) is 18.0. The summed E-state index contributed by atoms with van der Waals surface area (Å²) < 4.78 is 27.3. The molecular weight excluding hydrogens is 462 g/mol. The van der Waals surface area contributed by atoms with Gasteiger partial charge in [0.1, 0.15) is 11.9 Å². The van der Waals surface area contributed by atoms with Crippen molar-refractivity contribution in [1.82, 2.24) is 14.2 Å². The highest BCUT2D eigenvalue weighted by atomic mass is 32.2. The molecule has 9 heteroatoms. The zero-order valence-corrected chi connectivity index (χ0v) is 20.8. The van der Waals surface area contributed by atoms with E-state index in [1.54, 1.807) is 62.8 Å². The normalized spacial score (nSPS) is 14.4. The number of aryl methyl sites for hydroxylation is 1. The number of amides is 1. The van der Waals surface area contributed by atoms with Gasteiger partial charge in [0.15, 0.2) is 0 Å². The van der Waals surface area contributed by atoms with Gasteiger partial charge in [-0.15, -0.1) is 0 Å². The van der Waals surface area contributed by atoms with Gasteiger partial charge in [0.2, 0.25) is 10.0 Å². The number of benzene rings is 2. The minimum absolute atomic E-state index is 0.0614. The Kier molecular flexibility index (Phi) is 6.87. The van der Waals surface area contributed by atoms with Crippen LogP contribution in [0.5, 0.6) is 0 Å². The molecule has 0 aliphatic carbocycles. The summed E-state index contributed by atoms with van der Waals surface area (Å²) in [5, 5.41) is 9.81. The van der Waals surface area contributed by atoms with Crippen LogP contribution in [0, 0.1) is 18.3 Å². The van der Waals surface area contributed by atoms with Crippen molar-refractivity contribution in [2.75, 3.05) is 45.2 Å². The topological polar surface area (TPSA) is 97.6 Å². The fourth-order valence-corrected chi connectivity index (χ4v) is 5.60. The van der Waals surface area contributed by atoms with Crippen LogP contribution in [0.2, 0.25) is 0 Å². The van der Waals surface area contributed by atoms with Gasteiger partial charge in [0.05, 0.1) is 10.5 Å². The second kappa shape index (κ2) is 9.86. The van der Waals surface area contributed by atoms with Gasteiger partial charge in [-0.05, 0) is 42.3 Å². The first-order valence-electron chi connectivity index (χ1n) is 11.3. The molecule has 35 heavy (non-hydrogen) atoms. The molecule has 1 amide bonds. The predicted octanol–water partition coefficient (Wildman–Crippen LogP) is 3.14. The van der Waals surface area contributed by atoms with E-state index in [1.807, 2.05) is 24.0 Å². The molecule has 2 aromatic carbocycles. The van der Waals surface area contributed by atoms with Gasteiger partial charge < -0.3 is 9.80 Å². The Hall–Kier alpha value is -3.74. The van der Waals surface area contributed by atoms with Crippen molar-refractivity contribution >= 4 is 21.7 Å². The molecule has 2 heterocycles. The number of carbonyl (C=O) groups is 1. The Labute approximate surface area is 206 Å². The van der Waals surface area contributed by atoms with Gasteiger partial charge in [-0.25, -0.2) is 13.4 Å². The molecular formula is C26H27N5O3S. The fraction of sp³-hybridized carbons (Fsp3) is 0.269. The van der Waals surface area contributed by atoms with Crippen LogP contribution in [0.25, 0.3) is 11.1 Å². The molecule has 0 unspecified atom stereocenters. The molecule has 0 bridgehead atoms. The zero-order valence-electron chi connectivity index (χ0n) is 20.0. The maximum absolute atomic E-state index is 12.9. The van der Waals surface area contributed by atoms with Crippen LogP contribution in [0.4, 0.5) is 5.82 Å². The lowest BCUT2D eigenvalue weighted by molar-refractivity contribution is 0.0827. The van der Waals surface area contributed by atoms with Crippen molar-refractivity contribution in [1.29, 1.82) is 5.26 Å². The molecule has 4 rings (SSSR count). The van der Waals surface area contributed by atoms with Gasteiger partial charge in [0.25, 0.3) is 5.91 Å². The zero-order chi connectivity index (χ0) is 25.2. The first-order valence-corrected chi connectivity index (χ1v) is 12.7. The van der Waals surface area contributed by atoms with Crippen molar-refractivity contribution in [3.63, 3.8) is 0 Å². The largest absolute Gasteiger partial charge is 0.353 e. The number of piperazine rings is 1. The third-order valence-electron chi connectivity index (χ3n) is 6.10. The van der Waals surface area contributed by atoms with Crippen molar-refractivity contribution in [2.45, 2.75) is 11.8 Å². The van der Waals surface area contributed by atoms with Gasteiger partial charge in [0, 0.05) is 57.6 Å². The number of hydrogen-bond acceptors (Lipinski definition) is 6. The molecule has 0 atom stereocenters. The maximum Gasteiger partial charge on any atom is 0.253 e. The molecule has 0 spiro atoms. The molecule has 3 aromatic rings. The van der Waals surface area contributed by atoms with E-state index >= 15 is 0 Å². The first kappa shape index (κ1) is 24.4. The van der Waals surface area contributed by atoms with Crippen LogP contribution in [0.3, 0.4) is 0 Å². The standard InChI is InChI=1S/C26H27N5O3S/c1-19-15-20(9-10-24(19)26(32)29(2)3)22-16-21(17-27)25(28-18-22)30-11-13-31(14-12-30)35(33,34)23-7-5-4-6-8-23/h4-10,15-16,18H,11-14H2,1-3H3. The van der Waals surface area contributed by atoms with E-state index in [0.717, 1.165) is 16.7 Å². The quantitative estimate of drug-likeness (QED) is 0.546. The van der Waals surface area contributed by atoms with Crippen LogP contribution in [-0.2, 0) is 10.0 Å². The number of sulfonamides is 1. The van der Waals surface area contributed by atoms with E-state index in [9.17, 15) is 18.5 Å². The number of aromatic nitrogens is 1. The van der Waals surface area contributed by atoms with Crippen LogP contribution >= 0.6 is 0 Å². The summed E-state index contributed by atoms with van der Waals surface area (Å²) in [4.78, 5) is 20.7. The molecule has 1 saturated heterocycles. The van der Waals surface area contributed by atoms with Crippen LogP contribution in [0.1, 0.15) is 21.5 Å². The predicted molar refractivity (Wildman–Crippen MR) is 135 cm³/mol. The lowest BCUT2D eigenvalue weighted by Crippen LogP contribution is -2.49. The minimum atomic E-state index is -3.55. The Morgan fingerprint density at radius 2 is 1.69 bits per heavy atom. The number of anilines is 1. The number of carbonyl (C=O) groups excluding carboxylic acids is 1. The molecule has 1 aromatic heterocycles. The van der Waals surface area contributed by atoms with Gasteiger partial charge in [-0.2, -0.15) is 9.57 Å². The molecule has 1 aliphatic heterocycles. The van der Waals surface area contributed by atoms with E-state index < -0.39 is 10.0 Å². The third kappa shape index (κ3) is 4.90. The number of hydrogen-bond donors (Lipinski definition) is 0. The summed E-state index contributed by atoms with van der Waals surface area (Å²) in [6.45, 7) is 3.38. The van der Waals surface area contributed by atoms with Crippen LogP contribution in [0.15, 0.2) is 65.7 Å². The number of nitrogens with zero attached hydrogens (tertiary/aromatic N) is 5. The summed E-state index contributed by atoms with van der Waals surface area (Å²) in [7, 11) is -0.118. The molecule has 0 N–H and O–H groups in total. The summed E-state index contributed by atoms with van der Waals surface area (Å²) in [5.41, 5.74) is 3.55. The lowest BCUT2D eigenvalue weighted by atomic mass is 9.99. The van der Waals surface area contributed by atoms with Crippen molar-refractivity contribution in [3.05, 3.63) is 77.5 Å². The van der Waals surface area contributed by atoms with Crippen LogP contribution in [-0.4, -0.2) is 68.8 Å². The minimum Gasteiger partial charge on any atom is -0.353 e. The Morgan fingerprint density at radius 1 is 1.00 bits per heavy atom. The van der Waals surface area contributed by atoms with Crippen molar-refractivity contribution in [2.24, 2.45) is 0 Å². The Morgan fingerprint density at radius 3 is 2.29 bits per heavy atom. The van der Waals surface area contributed by atoms with Crippen LogP contribution < -0.4 is 4.90 Å². The molecule has 0 radical (unpaired) electrons. The number of pyridine rings is 1.